The summed E-state index contributed by atoms with van der Waals surface area (Å²) in [6, 6.07) is 8.18. The zero-order valence-corrected chi connectivity index (χ0v) is 8.81. The highest BCUT2D eigenvalue weighted by Gasteiger charge is 2.25. The van der Waals surface area contributed by atoms with Gasteiger partial charge in [0.1, 0.15) is 6.04 Å². The van der Waals surface area contributed by atoms with E-state index in [1.165, 1.54) is 0 Å². The second-order valence-corrected chi connectivity index (χ2v) is 3.72. The monoisotopic (exact) mass is 219 g/mol. The van der Waals surface area contributed by atoms with Crippen LogP contribution in [0.2, 0.25) is 0 Å². The van der Waals surface area contributed by atoms with Crippen molar-refractivity contribution in [3.63, 3.8) is 0 Å². The molecule has 4 heteroatoms. The van der Waals surface area contributed by atoms with Crippen molar-refractivity contribution in [3.8, 4) is 0 Å². The van der Waals surface area contributed by atoms with Crippen LogP contribution in [0.5, 0.6) is 0 Å². The van der Waals surface area contributed by atoms with Crippen LogP contribution in [0.1, 0.15) is 23.2 Å². The molecule has 0 radical (unpaired) electrons. The highest BCUT2D eigenvalue weighted by atomic mass is 16.6. The number of carbonyl (C=O) groups is 2. The van der Waals surface area contributed by atoms with Crippen molar-refractivity contribution in [1.29, 1.82) is 0 Å². The van der Waals surface area contributed by atoms with Gasteiger partial charge in [-0.15, -0.1) is 0 Å². The maximum absolute atomic E-state index is 11.5. The first kappa shape index (κ1) is 10.8. The lowest BCUT2D eigenvalue weighted by molar-refractivity contribution is -0.139. The zero-order chi connectivity index (χ0) is 11.4. The van der Waals surface area contributed by atoms with Crippen molar-refractivity contribution < 1.29 is 14.3 Å². The van der Waals surface area contributed by atoms with Gasteiger partial charge in [0.25, 0.3) is 0 Å². The summed E-state index contributed by atoms with van der Waals surface area (Å²) in [7, 11) is 0. The number of esters is 2. The molecule has 1 N–H and O–H groups in total. The van der Waals surface area contributed by atoms with Crippen LogP contribution in [0.15, 0.2) is 30.3 Å². The van der Waals surface area contributed by atoms with Gasteiger partial charge in [0.05, 0.1) is 5.56 Å². The molecule has 0 aromatic heterocycles. The number of hydrogen-bond donors (Lipinski definition) is 1. The third-order valence-corrected chi connectivity index (χ3v) is 2.55. The molecule has 1 aliphatic heterocycles. The molecule has 1 aromatic rings. The van der Waals surface area contributed by atoms with Gasteiger partial charge in [0.2, 0.25) is 0 Å². The fraction of sp³-hybridized carbons (Fsp3) is 0.333. The van der Waals surface area contributed by atoms with Crippen molar-refractivity contribution in [2.24, 2.45) is 0 Å². The molecule has 1 heterocycles. The molecule has 0 amide bonds. The molecule has 0 spiro atoms. The fourth-order valence-corrected chi connectivity index (χ4v) is 1.68. The first-order valence-corrected chi connectivity index (χ1v) is 5.32. The number of benzene rings is 1. The lowest BCUT2D eigenvalue weighted by atomic mass is 10.2. The number of carbonyl (C=O) groups excluding carboxylic acids is 2. The van der Waals surface area contributed by atoms with Crippen LogP contribution in [0.4, 0.5) is 0 Å². The second-order valence-electron chi connectivity index (χ2n) is 3.72. The molecule has 84 valence electrons. The number of ether oxygens (including phenoxy) is 1. The lowest BCUT2D eigenvalue weighted by Gasteiger charge is -2.08. The summed E-state index contributed by atoms with van der Waals surface area (Å²) in [5.41, 5.74) is 0.397. The van der Waals surface area contributed by atoms with Crippen LogP contribution in [-0.2, 0) is 9.53 Å². The molecule has 0 unspecified atom stereocenters. The lowest BCUT2D eigenvalue weighted by Crippen LogP contribution is -2.33. The van der Waals surface area contributed by atoms with Gasteiger partial charge in [0, 0.05) is 0 Å². The zero-order valence-electron chi connectivity index (χ0n) is 8.81. The van der Waals surface area contributed by atoms with Crippen LogP contribution in [-0.4, -0.2) is 24.5 Å². The minimum Gasteiger partial charge on any atom is -0.388 e. The summed E-state index contributed by atoms with van der Waals surface area (Å²) in [5.74, 6) is -1.06. The van der Waals surface area contributed by atoms with Crippen molar-refractivity contribution in [2.75, 3.05) is 6.54 Å². The van der Waals surface area contributed by atoms with Crippen LogP contribution in [0.3, 0.4) is 0 Å². The van der Waals surface area contributed by atoms with Gasteiger partial charge in [-0.05, 0) is 31.5 Å². The fourth-order valence-electron chi connectivity index (χ4n) is 1.68. The van der Waals surface area contributed by atoms with Crippen molar-refractivity contribution >= 4 is 11.9 Å². The van der Waals surface area contributed by atoms with Crippen LogP contribution < -0.4 is 5.32 Å². The summed E-state index contributed by atoms with van der Waals surface area (Å²) in [6.07, 6.45) is 1.68. The summed E-state index contributed by atoms with van der Waals surface area (Å²) in [5, 5.41) is 2.99. The average Bonchev–Trinajstić information content (AvgIpc) is 2.83. The van der Waals surface area contributed by atoms with E-state index in [9.17, 15) is 9.59 Å². The topological polar surface area (TPSA) is 55.4 Å². The van der Waals surface area contributed by atoms with Crippen molar-refractivity contribution in [1.82, 2.24) is 5.32 Å². The average molecular weight is 219 g/mol. The molecule has 2 rings (SSSR count). The molecule has 1 aromatic carbocycles. The molecule has 1 aliphatic rings. The van der Waals surface area contributed by atoms with Gasteiger partial charge in [-0.2, -0.15) is 0 Å². The molecule has 4 nitrogen and oxygen atoms in total. The standard InChI is InChI=1S/C12H13NO3/c14-11(9-5-2-1-3-6-9)16-12(15)10-7-4-8-13-10/h1-3,5-6,10,13H,4,7-8H2/t10-/m0/s1. The summed E-state index contributed by atoms with van der Waals surface area (Å²) in [6.45, 7) is 0.805. The first-order chi connectivity index (χ1) is 7.77. The SMILES string of the molecule is O=C(OC(=O)[C@@H]1CCCN1)c1ccccc1. The minimum absolute atomic E-state index is 0.326. The van der Waals surface area contributed by atoms with E-state index in [0.29, 0.717) is 5.56 Å². The first-order valence-electron chi connectivity index (χ1n) is 5.32. The van der Waals surface area contributed by atoms with Crippen LogP contribution >= 0.6 is 0 Å². The van der Waals surface area contributed by atoms with Crippen molar-refractivity contribution in [3.05, 3.63) is 35.9 Å². The quantitative estimate of drug-likeness (QED) is 0.598. The Labute approximate surface area is 93.6 Å². The molecule has 0 bridgehead atoms. The smallest absolute Gasteiger partial charge is 0.345 e. The van der Waals surface area contributed by atoms with E-state index in [-0.39, 0.29) is 6.04 Å². The minimum atomic E-state index is -0.584. The Bertz CT molecular complexity index is 383. The van der Waals surface area contributed by atoms with E-state index in [0.717, 1.165) is 19.4 Å². The molecule has 1 fully saturated rings. The Morgan fingerprint density at radius 2 is 2.00 bits per heavy atom. The van der Waals surface area contributed by atoms with E-state index in [1.807, 2.05) is 0 Å². The number of nitrogens with one attached hydrogen (secondary N) is 1. The largest absolute Gasteiger partial charge is 0.388 e. The second kappa shape index (κ2) is 4.90. The predicted molar refractivity (Wildman–Crippen MR) is 57.9 cm³/mol. The van der Waals surface area contributed by atoms with Crippen LogP contribution in [0, 0.1) is 0 Å². The Morgan fingerprint density at radius 1 is 1.25 bits per heavy atom. The number of rotatable bonds is 2. The molecule has 16 heavy (non-hydrogen) atoms. The molecular formula is C12H13NO3. The normalized spacial score (nSPS) is 19.4. The van der Waals surface area contributed by atoms with E-state index in [4.69, 9.17) is 4.74 Å². The summed E-state index contributed by atoms with van der Waals surface area (Å²) >= 11 is 0. The third-order valence-electron chi connectivity index (χ3n) is 2.55. The van der Waals surface area contributed by atoms with Gasteiger partial charge >= 0.3 is 11.9 Å². The predicted octanol–water partition coefficient (Wildman–Crippen LogP) is 1.12. The molecule has 1 atom stereocenters. The molecule has 1 saturated heterocycles. The Balaban J connectivity index is 1.94. The molecule has 0 aliphatic carbocycles. The molecule has 0 saturated carbocycles. The van der Waals surface area contributed by atoms with Gasteiger partial charge in [-0.25, -0.2) is 9.59 Å². The summed E-state index contributed by atoms with van der Waals surface area (Å²) in [4.78, 5) is 23.1. The Morgan fingerprint density at radius 3 is 2.62 bits per heavy atom. The van der Waals surface area contributed by atoms with Crippen molar-refractivity contribution in [2.45, 2.75) is 18.9 Å². The maximum atomic E-state index is 11.5. The van der Waals surface area contributed by atoms with E-state index in [2.05, 4.69) is 5.32 Å². The summed E-state index contributed by atoms with van der Waals surface area (Å²) < 4.78 is 4.78. The maximum Gasteiger partial charge on any atom is 0.345 e. The Hall–Kier alpha value is -1.68. The van der Waals surface area contributed by atoms with E-state index < -0.39 is 11.9 Å². The van der Waals surface area contributed by atoms with Gasteiger partial charge < -0.3 is 10.1 Å². The highest BCUT2D eigenvalue weighted by molar-refractivity contribution is 5.98. The molecular weight excluding hydrogens is 206 g/mol. The van der Waals surface area contributed by atoms with Gasteiger partial charge in [0.15, 0.2) is 0 Å². The van der Waals surface area contributed by atoms with Gasteiger partial charge in [-0.1, -0.05) is 18.2 Å². The van der Waals surface area contributed by atoms with Gasteiger partial charge in [-0.3, -0.25) is 0 Å². The highest BCUT2D eigenvalue weighted by Crippen LogP contribution is 2.08. The van der Waals surface area contributed by atoms with Crippen LogP contribution in [0.25, 0.3) is 0 Å². The van der Waals surface area contributed by atoms with E-state index in [1.54, 1.807) is 30.3 Å². The Kier molecular flexibility index (Phi) is 3.31. The van der Waals surface area contributed by atoms with E-state index >= 15 is 0 Å². The third kappa shape index (κ3) is 2.46. The number of hydrogen-bond acceptors (Lipinski definition) is 4.